The van der Waals surface area contributed by atoms with Crippen molar-refractivity contribution < 1.29 is 14.7 Å². The molecule has 2 rings (SSSR count). The fourth-order valence-corrected chi connectivity index (χ4v) is 2.77. The number of carboxylic acids is 1. The largest absolute Gasteiger partial charge is 0.481 e. The van der Waals surface area contributed by atoms with Crippen molar-refractivity contribution in [2.75, 3.05) is 13.1 Å². The summed E-state index contributed by atoms with van der Waals surface area (Å²) in [5.41, 5.74) is 0. The van der Waals surface area contributed by atoms with Crippen LogP contribution in [0.25, 0.3) is 0 Å². The van der Waals surface area contributed by atoms with Gasteiger partial charge in [-0.05, 0) is 44.7 Å². The second kappa shape index (κ2) is 5.49. The maximum atomic E-state index is 11.7. The van der Waals surface area contributed by atoms with Crippen molar-refractivity contribution in [1.29, 1.82) is 0 Å². The number of aliphatic carboxylic acids is 1. The number of hydrogen-bond acceptors (Lipinski definition) is 3. The predicted octanol–water partition coefficient (Wildman–Crippen LogP) is 0.355. The lowest BCUT2D eigenvalue weighted by Gasteiger charge is -2.14. The highest BCUT2D eigenvalue weighted by Crippen LogP contribution is 2.25. The van der Waals surface area contributed by atoms with Gasteiger partial charge in [0.05, 0.1) is 5.92 Å². The monoisotopic (exact) mass is 240 g/mol. The van der Waals surface area contributed by atoms with Crippen LogP contribution >= 0.6 is 0 Å². The fraction of sp³-hybridized carbons (Fsp3) is 0.833. The summed E-state index contributed by atoms with van der Waals surface area (Å²) >= 11 is 0. The van der Waals surface area contributed by atoms with E-state index in [0.717, 1.165) is 25.9 Å². The average Bonchev–Trinajstić information content (AvgIpc) is 2.88. The van der Waals surface area contributed by atoms with Gasteiger partial charge in [-0.1, -0.05) is 0 Å². The van der Waals surface area contributed by atoms with Gasteiger partial charge in [0.2, 0.25) is 5.91 Å². The fourth-order valence-electron chi connectivity index (χ4n) is 2.77. The Bertz CT molecular complexity index is 300. The van der Waals surface area contributed by atoms with Gasteiger partial charge >= 0.3 is 5.97 Å². The summed E-state index contributed by atoms with van der Waals surface area (Å²) in [6, 6.07) is 0.0676. The standard InChI is InChI=1S/C12H20N2O3/c15-11(5-8-3-4-13-7-8)14-10-2-1-9(6-10)12(16)17/h8-10,13H,1-7H2,(H,14,15)(H,16,17)/t8?,9-,10+/m1/s1. The molecule has 0 aromatic carbocycles. The molecule has 1 amide bonds. The lowest BCUT2D eigenvalue weighted by Crippen LogP contribution is -2.34. The highest BCUT2D eigenvalue weighted by molar-refractivity contribution is 5.77. The van der Waals surface area contributed by atoms with Gasteiger partial charge in [0.1, 0.15) is 0 Å². The summed E-state index contributed by atoms with van der Waals surface area (Å²) in [5, 5.41) is 15.1. The first-order valence-electron chi connectivity index (χ1n) is 6.38. The van der Waals surface area contributed by atoms with Crippen LogP contribution in [-0.4, -0.2) is 36.1 Å². The van der Waals surface area contributed by atoms with Gasteiger partial charge in [-0.25, -0.2) is 0 Å². The van der Waals surface area contributed by atoms with Crippen molar-refractivity contribution >= 4 is 11.9 Å². The third kappa shape index (κ3) is 3.43. The van der Waals surface area contributed by atoms with Crippen LogP contribution in [0, 0.1) is 11.8 Å². The van der Waals surface area contributed by atoms with E-state index in [9.17, 15) is 9.59 Å². The zero-order valence-electron chi connectivity index (χ0n) is 9.95. The summed E-state index contributed by atoms with van der Waals surface area (Å²) in [4.78, 5) is 22.5. The number of amides is 1. The summed E-state index contributed by atoms with van der Waals surface area (Å²) in [5.74, 6) is -0.475. The Labute approximate surface area is 101 Å². The van der Waals surface area contributed by atoms with Crippen LogP contribution in [0.5, 0.6) is 0 Å². The number of rotatable bonds is 4. The Hall–Kier alpha value is -1.10. The van der Waals surface area contributed by atoms with Gasteiger partial charge in [-0.2, -0.15) is 0 Å². The summed E-state index contributed by atoms with van der Waals surface area (Å²) in [6.45, 7) is 1.93. The van der Waals surface area contributed by atoms with Gasteiger partial charge in [0.25, 0.3) is 0 Å². The van der Waals surface area contributed by atoms with Crippen LogP contribution in [0.3, 0.4) is 0 Å². The molecule has 0 radical (unpaired) electrons. The summed E-state index contributed by atoms with van der Waals surface area (Å²) < 4.78 is 0. The Morgan fingerprint density at radius 3 is 2.71 bits per heavy atom. The molecule has 0 aromatic rings. The minimum atomic E-state index is -0.734. The number of nitrogens with one attached hydrogen (secondary N) is 2. The minimum absolute atomic E-state index is 0.0676. The normalized spacial score (nSPS) is 32.6. The van der Waals surface area contributed by atoms with E-state index < -0.39 is 5.97 Å². The molecule has 1 aliphatic heterocycles. The quantitative estimate of drug-likeness (QED) is 0.663. The minimum Gasteiger partial charge on any atom is -0.481 e. The third-order valence-electron chi connectivity index (χ3n) is 3.78. The molecule has 2 fully saturated rings. The first kappa shape index (κ1) is 12.4. The third-order valence-corrected chi connectivity index (χ3v) is 3.78. The first-order valence-corrected chi connectivity index (χ1v) is 6.38. The van der Waals surface area contributed by atoms with Gasteiger partial charge < -0.3 is 15.7 Å². The summed E-state index contributed by atoms with van der Waals surface area (Å²) in [6.07, 6.45) is 3.71. The van der Waals surface area contributed by atoms with E-state index in [1.54, 1.807) is 0 Å². The van der Waals surface area contributed by atoms with Crippen LogP contribution in [0.4, 0.5) is 0 Å². The summed E-state index contributed by atoms with van der Waals surface area (Å²) in [7, 11) is 0. The molecule has 1 saturated carbocycles. The number of carbonyl (C=O) groups excluding carboxylic acids is 1. The van der Waals surface area contributed by atoms with Crippen LogP contribution < -0.4 is 10.6 Å². The van der Waals surface area contributed by atoms with E-state index >= 15 is 0 Å². The van der Waals surface area contributed by atoms with Gasteiger partial charge in [0, 0.05) is 12.5 Å². The van der Waals surface area contributed by atoms with Crippen molar-refractivity contribution in [3.05, 3.63) is 0 Å². The molecule has 0 aromatic heterocycles. The maximum absolute atomic E-state index is 11.7. The Morgan fingerprint density at radius 1 is 1.29 bits per heavy atom. The van der Waals surface area contributed by atoms with Crippen molar-refractivity contribution in [1.82, 2.24) is 10.6 Å². The lowest BCUT2D eigenvalue weighted by molar-refractivity contribution is -0.141. The van der Waals surface area contributed by atoms with Crippen molar-refractivity contribution in [2.45, 2.75) is 38.1 Å². The molecule has 1 unspecified atom stereocenters. The maximum Gasteiger partial charge on any atom is 0.306 e. The zero-order chi connectivity index (χ0) is 12.3. The average molecular weight is 240 g/mol. The van der Waals surface area contributed by atoms with Gasteiger partial charge in [-0.15, -0.1) is 0 Å². The molecule has 0 bridgehead atoms. The smallest absolute Gasteiger partial charge is 0.306 e. The second-order valence-electron chi connectivity index (χ2n) is 5.18. The molecule has 5 heteroatoms. The molecule has 1 aliphatic carbocycles. The van der Waals surface area contributed by atoms with E-state index in [-0.39, 0.29) is 17.9 Å². The Balaban J connectivity index is 1.70. The van der Waals surface area contributed by atoms with E-state index in [1.165, 1.54) is 0 Å². The number of carbonyl (C=O) groups is 2. The van der Waals surface area contributed by atoms with Gasteiger partial charge in [0.15, 0.2) is 0 Å². The second-order valence-corrected chi connectivity index (χ2v) is 5.18. The molecular weight excluding hydrogens is 220 g/mol. The van der Waals surface area contributed by atoms with Crippen LogP contribution in [-0.2, 0) is 9.59 Å². The highest BCUT2D eigenvalue weighted by Gasteiger charge is 2.30. The van der Waals surface area contributed by atoms with Crippen LogP contribution in [0.15, 0.2) is 0 Å². The Morgan fingerprint density at radius 2 is 2.12 bits per heavy atom. The highest BCUT2D eigenvalue weighted by atomic mass is 16.4. The van der Waals surface area contributed by atoms with Crippen molar-refractivity contribution in [2.24, 2.45) is 11.8 Å². The molecule has 2 aliphatic rings. The predicted molar refractivity (Wildman–Crippen MR) is 62.5 cm³/mol. The van der Waals surface area contributed by atoms with E-state index in [2.05, 4.69) is 10.6 Å². The molecule has 3 N–H and O–H groups in total. The molecule has 0 spiro atoms. The molecule has 17 heavy (non-hydrogen) atoms. The SMILES string of the molecule is O=C(CC1CCNC1)N[C@H]1CC[C@@H](C(=O)O)C1. The molecule has 1 heterocycles. The molecule has 1 saturated heterocycles. The molecule has 96 valence electrons. The number of carboxylic acid groups (broad SMARTS) is 1. The number of hydrogen-bond donors (Lipinski definition) is 3. The van der Waals surface area contributed by atoms with E-state index in [0.29, 0.717) is 25.2 Å². The molecule has 3 atom stereocenters. The topological polar surface area (TPSA) is 78.4 Å². The van der Waals surface area contributed by atoms with Crippen molar-refractivity contribution in [3.8, 4) is 0 Å². The lowest BCUT2D eigenvalue weighted by atomic mass is 10.0. The van der Waals surface area contributed by atoms with Gasteiger partial charge in [-0.3, -0.25) is 9.59 Å². The molecular formula is C12H20N2O3. The van der Waals surface area contributed by atoms with Crippen molar-refractivity contribution in [3.63, 3.8) is 0 Å². The van der Waals surface area contributed by atoms with Crippen LogP contribution in [0.2, 0.25) is 0 Å². The zero-order valence-corrected chi connectivity index (χ0v) is 9.95. The van der Waals surface area contributed by atoms with Crippen LogP contribution in [0.1, 0.15) is 32.1 Å². The van der Waals surface area contributed by atoms with E-state index in [4.69, 9.17) is 5.11 Å². The Kier molecular flexibility index (Phi) is 3.99. The van der Waals surface area contributed by atoms with E-state index in [1.807, 2.05) is 0 Å². The first-order chi connectivity index (χ1) is 8.15. The molecule has 5 nitrogen and oxygen atoms in total.